The van der Waals surface area contributed by atoms with E-state index in [1.165, 1.54) is 0 Å². The molecule has 4 rings (SSSR count). The fourth-order valence-corrected chi connectivity index (χ4v) is 3.50. The lowest BCUT2D eigenvalue weighted by Crippen LogP contribution is -2.33. The van der Waals surface area contributed by atoms with Crippen LogP contribution in [-0.2, 0) is 11.2 Å². The Kier molecular flexibility index (Phi) is 4.66. The molecule has 1 aromatic carbocycles. The third-order valence-corrected chi connectivity index (χ3v) is 4.99. The van der Waals surface area contributed by atoms with E-state index in [4.69, 9.17) is 20.4 Å². The van der Waals surface area contributed by atoms with Gasteiger partial charge in [0.05, 0.1) is 29.8 Å². The van der Waals surface area contributed by atoms with Crippen molar-refractivity contribution in [3.05, 3.63) is 53.1 Å². The first-order chi connectivity index (χ1) is 13.0. The maximum absolute atomic E-state index is 13.1. The molecule has 0 saturated carbocycles. The number of aromatic nitrogens is 1. The van der Waals surface area contributed by atoms with Gasteiger partial charge in [-0.3, -0.25) is 4.79 Å². The van der Waals surface area contributed by atoms with Crippen molar-refractivity contribution in [3.63, 3.8) is 0 Å². The maximum atomic E-state index is 13.1. The van der Waals surface area contributed by atoms with E-state index in [1.54, 1.807) is 23.3 Å². The molecule has 140 valence electrons. The number of hydrogen-bond donors (Lipinski definition) is 0. The van der Waals surface area contributed by atoms with E-state index >= 15 is 0 Å². The monoisotopic (exact) mass is 385 g/mol. The Morgan fingerprint density at radius 1 is 1.26 bits per heavy atom. The van der Waals surface area contributed by atoms with E-state index in [1.807, 2.05) is 32.2 Å². The van der Waals surface area contributed by atoms with Crippen LogP contribution >= 0.6 is 11.6 Å². The molecule has 0 radical (unpaired) electrons. The molecule has 3 heterocycles. The zero-order chi connectivity index (χ0) is 19.0. The number of aryl methyl sites for hydroxylation is 1. The van der Waals surface area contributed by atoms with Crippen LogP contribution in [0, 0.1) is 6.92 Å². The Labute approximate surface area is 162 Å². The van der Waals surface area contributed by atoms with Gasteiger partial charge < -0.3 is 18.6 Å². The molecule has 6 nitrogen and oxygen atoms in total. The molecule has 1 aliphatic rings. The van der Waals surface area contributed by atoms with Crippen molar-refractivity contribution in [2.75, 3.05) is 29.9 Å². The fraction of sp³-hybridized carbons (Fsp3) is 0.300. The highest BCUT2D eigenvalue weighted by Crippen LogP contribution is 2.34. The highest BCUT2D eigenvalue weighted by atomic mass is 35.5. The van der Waals surface area contributed by atoms with Gasteiger partial charge in [0.1, 0.15) is 5.76 Å². The third kappa shape index (κ3) is 3.45. The molecule has 0 spiro atoms. The molecule has 0 N–H and O–H groups in total. The molecule has 0 fully saturated rings. The Morgan fingerprint density at radius 3 is 2.89 bits per heavy atom. The van der Waals surface area contributed by atoms with Crippen LogP contribution in [0.2, 0.25) is 5.02 Å². The Balaban J connectivity index is 1.62. The summed E-state index contributed by atoms with van der Waals surface area (Å²) >= 11 is 6.20. The van der Waals surface area contributed by atoms with E-state index in [2.05, 4.69) is 9.88 Å². The number of furan rings is 1. The SMILES string of the molecule is Cc1oc(-c2ccco2)nc1CC(=O)N1CCCN(C)c2ccc(Cl)cc21. The van der Waals surface area contributed by atoms with E-state index in [0.29, 0.717) is 34.7 Å². The van der Waals surface area contributed by atoms with Gasteiger partial charge in [0, 0.05) is 25.2 Å². The van der Waals surface area contributed by atoms with Gasteiger partial charge >= 0.3 is 0 Å². The summed E-state index contributed by atoms with van der Waals surface area (Å²) in [6.45, 7) is 3.32. The number of oxazole rings is 1. The van der Waals surface area contributed by atoms with Crippen molar-refractivity contribution >= 4 is 28.9 Å². The molecule has 0 aliphatic carbocycles. The molecule has 2 aromatic heterocycles. The van der Waals surface area contributed by atoms with Crippen LogP contribution in [0.1, 0.15) is 17.9 Å². The van der Waals surface area contributed by atoms with Gasteiger partial charge in [-0.25, -0.2) is 4.98 Å². The molecule has 7 heteroatoms. The number of benzene rings is 1. The number of hydrogen-bond acceptors (Lipinski definition) is 5. The van der Waals surface area contributed by atoms with Crippen LogP contribution in [0.25, 0.3) is 11.7 Å². The van der Waals surface area contributed by atoms with Gasteiger partial charge in [-0.15, -0.1) is 0 Å². The lowest BCUT2D eigenvalue weighted by Gasteiger charge is -2.24. The van der Waals surface area contributed by atoms with Crippen molar-refractivity contribution in [1.82, 2.24) is 4.98 Å². The van der Waals surface area contributed by atoms with Crippen LogP contribution in [0.4, 0.5) is 11.4 Å². The van der Waals surface area contributed by atoms with E-state index in [9.17, 15) is 4.79 Å². The topological polar surface area (TPSA) is 62.7 Å². The molecular weight excluding hydrogens is 366 g/mol. The van der Waals surface area contributed by atoms with Crippen LogP contribution < -0.4 is 9.80 Å². The molecule has 3 aromatic rings. The van der Waals surface area contributed by atoms with Crippen LogP contribution in [-0.4, -0.2) is 31.0 Å². The van der Waals surface area contributed by atoms with Gasteiger partial charge in [0.25, 0.3) is 5.89 Å². The number of rotatable bonds is 3. The summed E-state index contributed by atoms with van der Waals surface area (Å²) in [5.74, 6) is 1.52. The summed E-state index contributed by atoms with van der Waals surface area (Å²) in [4.78, 5) is 21.5. The van der Waals surface area contributed by atoms with Crippen molar-refractivity contribution in [2.45, 2.75) is 19.8 Å². The minimum absolute atomic E-state index is 0.0313. The molecule has 27 heavy (non-hydrogen) atoms. The largest absolute Gasteiger partial charge is 0.459 e. The summed E-state index contributed by atoms with van der Waals surface area (Å²) in [6, 6.07) is 9.20. The summed E-state index contributed by atoms with van der Waals surface area (Å²) in [5.41, 5.74) is 2.45. The van der Waals surface area contributed by atoms with Gasteiger partial charge in [-0.2, -0.15) is 0 Å². The zero-order valence-corrected chi connectivity index (χ0v) is 16.0. The lowest BCUT2D eigenvalue weighted by atomic mass is 10.2. The van der Waals surface area contributed by atoms with E-state index < -0.39 is 0 Å². The summed E-state index contributed by atoms with van der Waals surface area (Å²) in [5, 5.41) is 0.611. The third-order valence-electron chi connectivity index (χ3n) is 4.76. The number of anilines is 2. The number of carbonyl (C=O) groups excluding carboxylic acids is 1. The quantitative estimate of drug-likeness (QED) is 0.672. The van der Waals surface area contributed by atoms with Crippen LogP contribution in [0.5, 0.6) is 0 Å². The molecular formula is C20H20ClN3O3. The molecule has 1 aliphatic heterocycles. The second-order valence-electron chi connectivity index (χ2n) is 6.63. The Morgan fingerprint density at radius 2 is 2.11 bits per heavy atom. The van der Waals surface area contributed by atoms with Crippen molar-refractivity contribution < 1.29 is 13.6 Å². The van der Waals surface area contributed by atoms with Crippen molar-refractivity contribution in [1.29, 1.82) is 0 Å². The fourth-order valence-electron chi connectivity index (χ4n) is 3.34. The first-order valence-electron chi connectivity index (χ1n) is 8.84. The van der Waals surface area contributed by atoms with Crippen LogP contribution in [0.15, 0.2) is 45.4 Å². The van der Waals surface area contributed by atoms with Crippen molar-refractivity contribution in [2.24, 2.45) is 0 Å². The minimum atomic E-state index is -0.0313. The lowest BCUT2D eigenvalue weighted by molar-refractivity contribution is -0.118. The average molecular weight is 386 g/mol. The standard InChI is InChI=1S/C20H20ClN3O3/c1-13-15(22-20(27-13)18-5-3-10-26-18)12-19(25)24-9-4-8-23(2)16-7-6-14(21)11-17(16)24/h3,5-7,10-11H,4,8-9,12H2,1-2H3. The number of amides is 1. The van der Waals surface area contributed by atoms with Gasteiger partial charge in [-0.05, 0) is 43.7 Å². The number of fused-ring (bicyclic) bond motifs is 1. The second kappa shape index (κ2) is 7.12. The highest BCUT2D eigenvalue weighted by molar-refractivity contribution is 6.31. The number of halogens is 1. The minimum Gasteiger partial charge on any atom is -0.459 e. The van der Waals surface area contributed by atoms with Crippen molar-refractivity contribution in [3.8, 4) is 11.7 Å². The van der Waals surface area contributed by atoms with Gasteiger partial charge in [-0.1, -0.05) is 11.6 Å². The maximum Gasteiger partial charge on any atom is 0.263 e. The second-order valence-corrected chi connectivity index (χ2v) is 7.07. The molecule has 0 atom stereocenters. The average Bonchev–Trinajstić information content (AvgIpc) is 3.25. The predicted octanol–water partition coefficient (Wildman–Crippen LogP) is 4.31. The van der Waals surface area contributed by atoms with Gasteiger partial charge in [0.2, 0.25) is 5.91 Å². The Bertz CT molecular complexity index is 965. The molecule has 0 unspecified atom stereocenters. The molecule has 0 bridgehead atoms. The molecule has 0 saturated heterocycles. The smallest absolute Gasteiger partial charge is 0.263 e. The summed E-state index contributed by atoms with van der Waals surface area (Å²) in [7, 11) is 2.03. The van der Waals surface area contributed by atoms with Gasteiger partial charge in [0.15, 0.2) is 5.76 Å². The zero-order valence-electron chi connectivity index (χ0n) is 15.2. The first kappa shape index (κ1) is 17.7. The highest BCUT2D eigenvalue weighted by Gasteiger charge is 2.25. The Hall–Kier alpha value is -2.73. The normalized spacial score (nSPS) is 14.2. The first-order valence-corrected chi connectivity index (χ1v) is 9.22. The van der Waals surface area contributed by atoms with E-state index in [-0.39, 0.29) is 12.3 Å². The predicted molar refractivity (Wildman–Crippen MR) is 104 cm³/mol. The number of nitrogens with zero attached hydrogens (tertiary/aromatic N) is 3. The summed E-state index contributed by atoms with van der Waals surface area (Å²) < 4.78 is 11.0. The van der Waals surface area contributed by atoms with Crippen LogP contribution in [0.3, 0.4) is 0 Å². The van der Waals surface area contributed by atoms with E-state index in [0.717, 1.165) is 24.3 Å². The number of carbonyl (C=O) groups is 1. The molecule has 1 amide bonds. The summed E-state index contributed by atoms with van der Waals surface area (Å²) in [6.07, 6.45) is 2.60.